The summed E-state index contributed by atoms with van der Waals surface area (Å²) in [6, 6.07) is 1.61. The summed E-state index contributed by atoms with van der Waals surface area (Å²) in [6.45, 7) is 3.83. The van der Waals surface area contributed by atoms with Crippen LogP contribution in [0.2, 0.25) is 0 Å². The van der Waals surface area contributed by atoms with E-state index in [-0.39, 0.29) is 23.7 Å². The number of hydrogen-bond donors (Lipinski definition) is 1. The van der Waals surface area contributed by atoms with E-state index in [1.807, 2.05) is 13.8 Å². The molecule has 1 atom stereocenters. The molecule has 2 rings (SSSR count). The Kier molecular flexibility index (Phi) is 3.70. The summed E-state index contributed by atoms with van der Waals surface area (Å²) < 4.78 is 28.1. The maximum Gasteiger partial charge on any atom is 0.218 e. The molecule has 1 unspecified atom stereocenters. The summed E-state index contributed by atoms with van der Waals surface area (Å²) in [5.41, 5.74) is 0. The minimum Gasteiger partial charge on any atom is -0.475 e. The van der Waals surface area contributed by atoms with E-state index in [9.17, 15) is 8.42 Å². The lowest BCUT2D eigenvalue weighted by Gasteiger charge is -2.13. The molecule has 1 aliphatic rings. The molecule has 6 nitrogen and oxygen atoms in total. The number of anilines is 1. The summed E-state index contributed by atoms with van der Waals surface area (Å²) in [4.78, 5) is 8.05. The van der Waals surface area contributed by atoms with Gasteiger partial charge < -0.3 is 10.1 Å². The van der Waals surface area contributed by atoms with Crippen molar-refractivity contribution in [2.75, 3.05) is 16.8 Å². The van der Waals surface area contributed by atoms with E-state index >= 15 is 0 Å². The van der Waals surface area contributed by atoms with Crippen LogP contribution in [-0.2, 0) is 9.84 Å². The molecule has 1 saturated heterocycles. The number of rotatable bonds is 4. The molecule has 0 saturated carbocycles. The van der Waals surface area contributed by atoms with Gasteiger partial charge in [0.1, 0.15) is 12.1 Å². The van der Waals surface area contributed by atoms with Crippen LogP contribution in [0.4, 0.5) is 5.82 Å². The Morgan fingerprint density at radius 1 is 1.44 bits per heavy atom. The Morgan fingerprint density at radius 3 is 2.83 bits per heavy atom. The largest absolute Gasteiger partial charge is 0.475 e. The fourth-order valence-electron chi connectivity index (χ4n) is 1.84. The van der Waals surface area contributed by atoms with E-state index in [1.165, 1.54) is 6.33 Å². The highest BCUT2D eigenvalue weighted by molar-refractivity contribution is 7.91. The number of ether oxygens (including phenoxy) is 1. The third kappa shape index (κ3) is 3.56. The van der Waals surface area contributed by atoms with Gasteiger partial charge in [-0.3, -0.25) is 0 Å². The monoisotopic (exact) mass is 271 g/mol. The Labute approximate surface area is 107 Å². The van der Waals surface area contributed by atoms with Gasteiger partial charge in [0, 0.05) is 12.1 Å². The van der Waals surface area contributed by atoms with Gasteiger partial charge in [-0.05, 0) is 20.3 Å². The number of nitrogens with zero attached hydrogens (tertiary/aromatic N) is 2. The van der Waals surface area contributed by atoms with Crippen molar-refractivity contribution in [1.29, 1.82) is 0 Å². The molecular formula is C11H17N3O3S. The lowest BCUT2D eigenvalue weighted by Crippen LogP contribution is -2.21. The number of aromatic nitrogens is 2. The summed E-state index contributed by atoms with van der Waals surface area (Å²) in [5.74, 6) is 1.49. The van der Waals surface area contributed by atoms with E-state index in [1.54, 1.807) is 6.07 Å². The molecular weight excluding hydrogens is 254 g/mol. The van der Waals surface area contributed by atoms with Crippen molar-refractivity contribution in [2.45, 2.75) is 32.4 Å². The molecule has 0 amide bonds. The Bertz CT molecular complexity index is 516. The molecule has 1 aromatic heterocycles. The molecule has 0 bridgehead atoms. The van der Waals surface area contributed by atoms with Crippen molar-refractivity contribution >= 4 is 15.7 Å². The number of hydrogen-bond acceptors (Lipinski definition) is 6. The average molecular weight is 271 g/mol. The lowest BCUT2D eigenvalue weighted by molar-refractivity contribution is 0.232. The van der Waals surface area contributed by atoms with Crippen LogP contribution < -0.4 is 10.1 Å². The van der Waals surface area contributed by atoms with Gasteiger partial charge in [0.05, 0.1) is 17.6 Å². The van der Waals surface area contributed by atoms with Crippen molar-refractivity contribution in [1.82, 2.24) is 9.97 Å². The van der Waals surface area contributed by atoms with Crippen LogP contribution in [0.5, 0.6) is 5.88 Å². The summed E-state index contributed by atoms with van der Waals surface area (Å²) in [6.07, 6.45) is 2.07. The van der Waals surface area contributed by atoms with Gasteiger partial charge in [-0.2, -0.15) is 0 Å². The molecule has 2 heterocycles. The van der Waals surface area contributed by atoms with E-state index in [4.69, 9.17) is 4.74 Å². The highest BCUT2D eigenvalue weighted by atomic mass is 32.2. The SMILES string of the molecule is CC(C)Oc1cc(NC2CCS(=O)(=O)C2)ncn1. The maximum atomic E-state index is 11.3. The van der Waals surface area contributed by atoms with Gasteiger partial charge in [-0.25, -0.2) is 18.4 Å². The number of sulfone groups is 1. The zero-order valence-electron chi connectivity index (χ0n) is 10.5. The molecule has 7 heteroatoms. The van der Waals surface area contributed by atoms with Crippen molar-refractivity contribution in [3.63, 3.8) is 0 Å². The molecule has 1 fully saturated rings. The van der Waals surface area contributed by atoms with Crippen LogP contribution in [0.1, 0.15) is 20.3 Å². The predicted molar refractivity (Wildman–Crippen MR) is 68.5 cm³/mol. The normalized spacial score (nSPS) is 22.1. The van der Waals surface area contributed by atoms with Crippen LogP contribution in [0.25, 0.3) is 0 Å². The fraction of sp³-hybridized carbons (Fsp3) is 0.636. The molecule has 18 heavy (non-hydrogen) atoms. The van der Waals surface area contributed by atoms with Crippen LogP contribution in [-0.4, -0.2) is 42.0 Å². The standard InChI is InChI=1S/C11H17N3O3S/c1-8(2)17-11-5-10(12-7-13-11)14-9-3-4-18(15,16)6-9/h5,7-9H,3-4,6H2,1-2H3,(H,12,13,14). The average Bonchev–Trinajstić information content (AvgIpc) is 2.57. The third-order valence-corrected chi connectivity index (χ3v) is 4.35. The van der Waals surface area contributed by atoms with E-state index in [0.29, 0.717) is 18.1 Å². The van der Waals surface area contributed by atoms with Gasteiger partial charge in [-0.1, -0.05) is 0 Å². The molecule has 0 radical (unpaired) electrons. The Hall–Kier alpha value is -1.37. The second-order valence-corrected chi connectivity index (χ2v) is 6.88. The summed E-state index contributed by atoms with van der Waals surface area (Å²) >= 11 is 0. The first-order chi connectivity index (χ1) is 8.44. The van der Waals surface area contributed by atoms with Crippen LogP contribution >= 0.6 is 0 Å². The highest BCUT2D eigenvalue weighted by Crippen LogP contribution is 2.18. The zero-order chi connectivity index (χ0) is 13.2. The Morgan fingerprint density at radius 2 is 2.22 bits per heavy atom. The minimum atomic E-state index is -2.88. The molecule has 100 valence electrons. The summed E-state index contributed by atoms with van der Waals surface area (Å²) in [7, 11) is -2.88. The number of nitrogens with one attached hydrogen (secondary N) is 1. The van der Waals surface area contributed by atoms with Crippen molar-refractivity contribution in [3.05, 3.63) is 12.4 Å². The molecule has 1 aromatic rings. The second-order valence-electron chi connectivity index (χ2n) is 4.65. The molecule has 0 spiro atoms. The second kappa shape index (κ2) is 5.09. The first-order valence-electron chi connectivity index (χ1n) is 5.90. The maximum absolute atomic E-state index is 11.3. The Balaban J connectivity index is 2.01. The molecule has 0 aliphatic carbocycles. The summed E-state index contributed by atoms with van der Waals surface area (Å²) in [5, 5.41) is 3.10. The molecule has 1 N–H and O–H groups in total. The van der Waals surface area contributed by atoms with Crippen molar-refractivity contribution in [3.8, 4) is 5.88 Å². The van der Waals surface area contributed by atoms with Gasteiger partial charge in [0.2, 0.25) is 5.88 Å². The first kappa shape index (κ1) is 13.1. The quantitative estimate of drug-likeness (QED) is 0.875. The van der Waals surface area contributed by atoms with E-state index in [0.717, 1.165) is 0 Å². The zero-order valence-corrected chi connectivity index (χ0v) is 11.3. The van der Waals surface area contributed by atoms with Crippen molar-refractivity contribution in [2.24, 2.45) is 0 Å². The predicted octanol–water partition coefficient (Wildman–Crippen LogP) is 0.863. The lowest BCUT2D eigenvalue weighted by atomic mass is 10.2. The van der Waals surface area contributed by atoms with Crippen LogP contribution in [0.15, 0.2) is 12.4 Å². The minimum absolute atomic E-state index is 0.0413. The van der Waals surface area contributed by atoms with Gasteiger partial charge in [-0.15, -0.1) is 0 Å². The highest BCUT2D eigenvalue weighted by Gasteiger charge is 2.27. The topological polar surface area (TPSA) is 81.2 Å². The van der Waals surface area contributed by atoms with E-state index < -0.39 is 9.84 Å². The smallest absolute Gasteiger partial charge is 0.218 e. The van der Waals surface area contributed by atoms with Gasteiger partial charge in [0.25, 0.3) is 0 Å². The van der Waals surface area contributed by atoms with Gasteiger partial charge >= 0.3 is 0 Å². The molecule has 0 aromatic carbocycles. The van der Waals surface area contributed by atoms with Crippen LogP contribution in [0.3, 0.4) is 0 Å². The first-order valence-corrected chi connectivity index (χ1v) is 7.72. The van der Waals surface area contributed by atoms with Crippen molar-refractivity contribution < 1.29 is 13.2 Å². The molecule has 1 aliphatic heterocycles. The fourth-order valence-corrected chi connectivity index (χ4v) is 3.52. The third-order valence-electron chi connectivity index (χ3n) is 2.58. The van der Waals surface area contributed by atoms with Crippen LogP contribution in [0, 0.1) is 0 Å². The van der Waals surface area contributed by atoms with Gasteiger partial charge in [0.15, 0.2) is 9.84 Å². The van der Waals surface area contributed by atoms with E-state index in [2.05, 4.69) is 15.3 Å².